The summed E-state index contributed by atoms with van der Waals surface area (Å²) in [6.45, 7) is 0. The van der Waals surface area contributed by atoms with Crippen molar-refractivity contribution >= 4 is 0 Å². The van der Waals surface area contributed by atoms with Gasteiger partial charge in [-0.2, -0.15) is 0 Å². The van der Waals surface area contributed by atoms with E-state index in [4.69, 9.17) is 15.2 Å². The highest BCUT2D eigenvalue weighted by Crippen LogP contribution is 2.45. The van der Waals surface area contributed by atoms with Gasteiger partial charge in [-0.05, 0) is 43.9 Å². The fourth-order valence-corrected chi connectivity index (χ4v) is 3.50. The van der Waals surface area contributed by atoms with E-state index in [1.165, 1.54) is 25.7 Å². The lowest BCUT2D eigenvalue weighted by atomic mass is 9.82. The molecule has 2 N–H and O–H groups in total. The molecule has 1 aliphatic heterocycles. The van der Waals surface area contributed by atoms with Crippen molar-refractivity contribution in [1.82, 2.24) is 0 Å². The molecule has 1 fully saturated rings. The molecule has 0 unspecified atom stereocenters. The molecule has 0 amide bonds. The number of rotatable bonds is 1. The van der Waals surface area contributed by atoms with E-state index < -0.39 is 0 Å². The minimum atomic E-state index is -0.0164. The number of fused-ring (bicyclic) bond motifs is 1. The Labute approximate surface area is 115 Å². The van der Waals surface area contributed by atoms with Gasteiger partial charge in [0.1, 0.15) is 17.1 Å². The van der Waals surface area contributed by atoms with E-state index in [2.05, 4.69) is 0 Å². The molecule has 3 heteroatoms. The van der Waals surface area contributed by atoms with Gasteiger partial charge in [0.05, 0.1) is 7.11 Å². The number of benzene rings is 1. The average Bonchev–Trinajstić information content (AvgIpc) is 2.64. The zero-order chi connectivity index (χ0) is 13.3. The number of ether oxygens (including phenoxy) is 2. The molecule has 1 aromatic rings. The van der Waals surface area contributed by atoms with E-state index in [0.29, 0.717) is 0 Å². The Bertz CT molecular complexity index is 450. The number of nitrogens with two attached hydrogens (primary N) is 1. The predicted molar refractivity (Wildman–Crippen MR) is 75.6 cm³/mol. The molecule has 2 aliphatic rings. The molecular formula is C16H23NO2. The van der Waals surface area contributed by atoms with Crippen LogP contribution in [0.3, 0.4) is 0 Å². The minimum absolute atomic E-state index is 0.0164. The van der Waals surface area contributed by atoms with Crippen LogP contribution >= 0.6 is 0 Å². The van der Waals surface area contributed by atoms with E-state index in [9.17, 15) is 0 Å². The molecule has 1 aliphatic carbocycles. The quantitative estimate of drug-likeness (QED) is 0.840. The van der Waals surface area contributed by atoms with E-state index in [-0.39, 0.29) is 11.6 Å². The van der Waals surface area contributed by atoms with Crippen molar-refractivity contribution in [2.45, 2.75) is 56.6 Å². The van der Waals surface area contributed by atoms with Gasteiger partial charge in [0.2, 0.25) is 0 Å². The monoisotopic (exact) mass is 261 g/mol. The second-order valence-corrected chi connectivity index (χ2v) is 5.91. The average molecular weight is 261 g/mol. The molecular weight excluding hydrogens is 238 g/mol. The Morgan fingerprint density at radius 1 is 1.21 bits per heavy atom. The molecule has 104 valence electrons. The van der Waals surface area contributed by atoms with Crippen molar-refractivity contribution in [2.24, 2.45) is 5.73 Å². The van der Waals surface area contributed by atoms with Gasteiger partial charge in [-0.3, -0.25) is 0 Å². The van der Waals surface area contributed by atoms with Gasteiger partial charge < -0.3 is 15.2 Å². The molecule has 1 atom stereocenters. The first kappa shape index (κ1) is 12.8. The Morgan fingerprint density at radius 2 is 1.95 bits per heavy atom. The largest absolute Gasteiger partial charge is 0.497 e. The number of methoxy groups -OCH3 is 1. The van der Waals surface area contributed by atoms with Crippen molar-refractivity contribution in [2.75, 3.05) is 7.11 Å². The molecule has 3 nitrogen and oxygen atoms in total. The summed E-state index contributed by atoms with van der Waals surface area (Å²) in [5.41, 5.74) is 7.47. The third-order valence-corrected chi connectivity index (χ3v) is 4.55. The van der Waals surface area contributed by atoms with Crippen LogP contribution in [0.15, 0.2) is 18.2 Å². The topological polar surface area (TPSA) is 44.5 Å². The maximum atomic E-state index is 6.39. The van der Waals surface area contributed by atoms with Crippen LogP contribution < -0.4 is 15.2 Å². The molecule has 1 heterocycles. The smallest absolute Gasteiger partial charge is 0.125 e. The lowest BCUT2D eigenvalue weighted by molar-refractivity contribution is 0.0212. The second-order valence-electron chi connectivity index (χ2n) is 5.91. The fraction of sp³-hybridized carbons (Fsp3) is 0.625. The molecule has 0 radical (unpaired) electrons. The van der Waals surface area contributed by atoms with Crippen molar-refractivity contribution in [3.63, 3.8) is 0 Å². The molecule has 1 spiro atoms. The lowest BCUT2D eigenvalue weighted by Gasteiger charge is -2.41. The van der Waals surface area contributed by atoms with Crippen molar-refractivity contribution in [3.8, 4) is 11.5 Å². The maximum Gasteiger partial charge on any atom is 0.125 e. The summed E-state index contributed by atoms with van der Waals surface area (Å²) >= 11 is 0. The van der Waals surface area contributed by atoms with Crippen LogP contribution in [0.4, 0.5) is 0 Å². The van der Waals surface area contributed by atoms with Crippen LogP contribution in [0.1, 0.15) is 56.6 Å². The van der Waals surface area contributed by atoms with Crippen LogP contribution in [0.5, 0.6) is 11.5 Å². The normalized spacial score (nSPS) is 25.3. The van der Waals surface area contributed by atoms with Gasteiger partial charge >= 0.3 is 0 Å². The van der Waals surface area contributed by atoms with E-state index in [0.717, 1.165) is 36.3 Å². The minimum Gasteiger partial charge on any atom is -0.497 e. The lowest BCUT2D eigenvalue weighted by Crippen LogP contribution is -2.42. The predicted octanol–water partition coefficient (Wildman–Crippen LogP) is 3.57. The van der Waals surface area contributed by atoms with Gasteiger partial charge in [-0.1, -0.05) is 12.8 Å². The first-order chi connectivity index (χ1) is 9.22. The van der Waals surface area contributed by atoms with Crippen LogP contribution in [0, 0.1) is 0 Å². The van der Waals surface area contributed by atoms with E-state index in [1.54, 1.807) is 7.11 Å². The number of hydrogen-bond acceptors (Lipinski definition) is 3. The zero-order valence-corrected chi connectivity index (χ0v) is 11.7. The Hall–Kier alpha value is -1.22. The summed E-state index contributed by atoms with van der Waals surface area (Å²) < 4.78 is 11.6. The van der Waals surface area contributed by atoms with Crippen LogP contribution in [0.25, 0.3) is 0 Å². The zero-order valence-electron chi connectivity index (χ0n) is 11.7. The third-order valence-electron chi connectivity index (χ3n) is 4.55. The summed E-state index contributed by atoms with van der Waals surface area (Å²) in [7, 11) is 1.68. The Balaban J connectivity index is 1.90. The van der Waals surface area contributed by atoms with Gasteiger partial charge in [-0.25, -0.2) is 0 Å². The summed E-state index contributed by atoms with van der Waals surface area (Å²) in [6.07, 6.45) is 8.41. The summed E-state index contributed by atoms with van der Waals surface area (Å²) in [6, 6.07) is 6.06. The molecule has 1 saturated carbocycles. The third kappa shape index (κ3) is 2.44. The standard InChI is InChI=1S/C16H23NO2/c1-18-12-6-7-15-13(10-12)14(17)11-16(19-15)8-4-2-3-5-9-16/h6-7,10,14H,2-5,8-9,11,17H2,1H3/t14-/m1/s1. The van der Waals surface area contributed by atoms with E-state index in [1.807, 2.05) is 18.2 Å². The van der Waals surface area contributed by atoms with Gasteiger partial charge in [-0.15, -0.1) is 0 Å². The van der Waals surface area contributed by atoms with Crippen LogP contribution in [0.2, 0.25) is 0 Å². The van der Waals surface area contributed by atoms with E-state index >= 15 is 0 Å². The Morgan fingerprint density at radius 3 is 2.63 bits per heavy atom. The molecule has 1 aromatic carbocycles. The van der Waals surface area contributed by atoms with Crippen molar-refractivity contribution in [1.29, 1.82) is 0 Å². The fourth-order valence-electron chi connectivity index (χ4n) is 3.50. The molecule has 0 saturated heterocycles. The molecule has 0 aromatic heterocycles. The van der Waals surface area contributed by atoms with Crippen LogP contribution in [-0.2, 0) is 0 Å². The van der Waals surface area contributed by atoms with Crippen molar-refractivity contribution in [3.05, 3.63) is 23.8 Å². The molecule has 3 rings (SSSR count). The first-order valence-corrected chi connectivity index (χ1v) is 7.35. The maximum absolute atomic E-state index is 6.39. The first-order valence-electron chi connectivity index (χ1n) is 7.35. The van der Waals surface area contributed by atoms with Gasteiger partial charge in [0.25, 0.3) is 0 Å². The molecule has 19 heavy (non-hydrogen) atoms. The van der Waals surface area contributed by atoms with Crippen LogP contribution in [-0.4, -0.2) is 12.7 Å². The summed E-state index contributed by atoms with van der Waals surface area (Å²) in [4.78, 5) is 0. The summed E-state index contributed by atoms with van der Waals surface area (Å²) in [5.74, 6) is 1.82. The SMILES string of the molecule is COc1ccc2c(c1)[C@H](N)CC1(CCCCCC1)O2. The highest BCUT2D eigenvalue weighted by atomic mass is 16.5. The van der Waals surface area contributed by atoms with Gasteiger partial charge in [0, 0.05) is 18.0 Å². The van der Waals surface area contributed by atoms with Gasteiger partial charge in [0.15, 0.2) is 0 Å². The molecule has 0 bridgehead atoms. The summed E-state index contributed by atoms with van der Waals surface area (Å²) in [5, 5.41) is 0. The second kappa shape index (κ2) is 5.04. The number of hydrogen-bond donors (Lipinski definition) is 1. The Kier molecular flexibility index (Phi) is 3.40. The highest BCUT2D eigenvalue weighted by Gasteiger charge is 2.39. The van der Waals surface area contributed by atoms with Crippen molar-refractivity contribution < 1.29 is 9.47 Å². The highest BCUT2D eigenvalue weighted by molar-refractivity contribution is 5.44.